The predicted octanol–water partition coefficient (Wildman–Crippen LogP) is 3.78. The highest BCUT2D eigenvalue weighted by Gasteiger charge is 2.08. The first kappa shape index (κ1) is 16.6. The zero-order valence-corrected chi connectivity index (χ0v) is 14.1. The van der Waals surface area contributed by atoms with Gasteiger partial charge in [0, 0.05) is 30.2 Å². The van der Waals surface area contributed by atoms with Gasteiger partial charge >= 0.3 is 0 Å². The highest BCUT2D eigenvalue weighted by Crippen LogP contribution is 2.20. The summed E-state index contributed by atoms with van der Waals surface area (Å²) in [6, 6.07) is 15.9. The fraction of sp³-hybridized carbons (Fsp3) is 0.300. The van der Waals surface area contributed by atoms with Crippen LogP contribution in [0.2, 0.25) is 0 Å². The van der Waals surface area contributed by atoms with Crippen LogP contribution in [0.3, 0.4) is 0 Å². The number of benzene rings is 2. The molecule has 0 saturated carbocycles. The number of fused-ring (bicyclic) bond motifs is 1. The fourth-order valence-electron chi connectivity index (χ4n) is 2.81. The Morgan fingerprint density at radius 1 is 1.08 bits per heavy atom. The molecule has 2 aromatic carbocycles. The van der Waals surface area contributed by atoms with Gasteiger partial charge in [-0.1, -0.05) is 24.3 Å². The summed E-state index contributed by atoms with van der Waals surface area (Å²) in [5.74, 6) is 0.827. The number of ether oxygens (including phenoxy) is 1. The van der Waals surface area contributed by atoms with Crippen LogP contribution < -0.4 is 10.1 Å². The van der Waals surface area contributed by atoms with Gasteiger partial charge in [-0.25, -0.2) is 0 Å². The van der Waals surface area contributed by atoms with E-state index in [0.717, 1.165) is 23.4 Å². The lowest BCUT2D eigenvalue weighted by Crippen LogP contribution is -2.21. The molecule has 1 atom stereocenters. The van der Waals surface area contributed by atoms with Gasteiger partial charge in [0.15, 0.2) is 0 Å². The van der Waals surface area contributed by atoms with Crippen molar-refractivity contribution in [1.82, 2.24) is 10.3 Å². The summed E-state index contributed by atoms with van der Waals surface area (Å²) in [4.78, 5) is 3.21. The van der Waals surface area contributed by atoms with Crippen molar-refractivity contribution in [3.8, 4) is 5.75 Å². The Morgan fingerprint density at radius 2 is 1.88 bits per heavy atom. The minimum Gasteiger partial charge on any atom is -0.491 e. The average Bonchev–Trinajstić information content (AvgIpc) is 3.04. The standard InChI is InChI=1S/C20H24N2O2/c1-14(2)24-17-8-6-15(7-9-17)20(23)13-21-12-16-4-3-5-19-18(16)10-11-22-19/h3-11,14,20-23H,12-13H2,1-2H3. The lowest BCUT2D eigenvalue weighted by Gasteiger charge is -2.14. The van der Waals surface area contributed by atoms with E-state index in [9.17, 15) is 5.11 Å². The topological polar surface area (TPSA) is 57.3 Å². The molecular formula is C20H24N2O2. The van der Waals surface area contributed by atoms with Crippen LogP contribution in [-0.2, 0) is 6.54 Å². The van der Waals surface area contributed by atoms with Crippen LogP contribution in [0.15, 0.2) is 54.7 Å². The fourth-order valence-corrected chi connectivity index (χ4v) is 2.81. The summed E-state index contributed by atoms with van der Waals surface area (Å²) in [7, 11) is 0. The lowest BCUT2D eigenvalue weighted by atomic mass is 10.1. The van der Waals surface area contributed by atoms with E-state index in [1.807, 2.05) is 50.4 Å². The van der Waals surface area contributed by atoms with Crippen molar-refractivity contribution in [2.75, 3.05) is 6.54 Å². The Kier molecular flexibility index (Phi) is 5.18. The molecule has 1 unspecified atom stereocenters. The second kappa shape index (κ2) is 7.51. The number of H-pyrrole nitrogens is 1. The quantitative estimate of drug-likeness (QED) is 0.620. The zero-order valence-electron chi connectivity index (χ0n) is 14.1. The third kappa shape index (κ3) is 3.96. The molecule has 1 aromatic heterocycles. The third-order valence-electron chi connectivity index (χ3n) is 3.98. The number of aromatic nitrogens is 1. The van der Waals surface area contributed by atoms with Crippen LogP contribution in [0.1, 0.15) is 31.1 Å². The molecule has 3 N–H and O–H groups in total. The van der Waals surface area contributed by atoms with Crippen LogP contribution in [-0.4, -0.2) is 22.7 Å². The molecule has 0 aliphatic heterocycles. The summed E-state index contributed by atoms with van der Waals surface area (Å²) < 4.78 is 5.62. The van der Waals surface area contributed by atoms with Crippen LogP contribution in [0.25, 0.3) is 10.9 Å². The van der Waals surface area contributed by atoms with Gasteiger partial charge < -0.3 is 20.1 Å². The molecule has 3 rings (SSSR count). The summed E-state index contributed by atoms with van der Waals surface area (Å²) in [5, 5.41) is 14.9. The Labute approximate surface area is 142 Å². The molecule has 0 saturated heterocycles. The van der Waals surface area contributed by atoms with Gasteiger partial charge in [-0.15, -0.1) is 0 Å². The number of hydrogen-bond acceptors (Lipinski definition) is 3. The molecular weight excluding hydrogens is 300 g/mol. The van der Waals surface area contributed by atoms with Crippen molar-refractivity contribution in [3.63, 3.8) is 0 Å². The van der Waals surface area contributed by atoms with Crippen molar-refractivity contribution in [2.24, 2.45) is 0 Å². The highest BCUT2D eigenvalue weighted by molar-refractivity contribution is 5.82. The normalized spacial score (nSPS) is 12.7. The van der Waals surface area contributed by atoms with Gasteiger partial charge in [-0.2, -0.15) is 0 Å². The van der Waals surface area contributed by atoms with Gasteiger partial charge in [0.1, 0.15) is 5.75 Å². The maximum absolute atomic E-state index is 10.3. The van der Waals surface area contributed by atoms with Crippen molar-refractivity contribution in [2.45, 2.75) is 32.6 Å². The molecule has 0 aliphatic rings. The zero-order chi connectivity index (χ0) is 16.9. The highest BCUT2D eigenvalue weighted by atomic mass is 16.5. The van der Waals surface area contributed by atoms with E-state index in [1.165, 1.54) is 10.9 Å². The van der Waals surface area contributed by atoms with Gasteiger partial charge in [-0.3, -0.25) is 0 Å². The van der Waals surface area contributed by atoms with E-state index in [-0.39, 0.29) is 6.10 Å². The average molecular weight is 324 g/mol. The first-order valence-corrected chi connectivity index (χ1v) is 8.34. The first-order valence-electron chi connectivity index (χ1n) is 8.34. The SMILES string of the molecule is CC(C)Oc1ccc(C(O)CNCc2cccc3[nH]ccc23)cc1. The van der Waals surface area contributed by atoms with E-state index in [1.54, 1.807) is 0 Å². The molecule has 0 bridgehead atoms. The van der Waals surface area contributed by atoms with Crippen molar-refractivity contribution < 1.29 is 9.84 Å². The molecule has 3 aromatic rings. The molecule has 1 heterocycles. The largest absolute Gasteiger partial charge is 0.491 e. The molecule has 4 heteroatoms. The van der Waals surface area contributed by atoms with E-state index in [2.05, 4.69) is 28.5 Å². The summed E-state index contributed by atoms with van der Waals surface area (Å²) >= 11 is 0. The maximum Gasteiger partial charge on any atom is 0.119 e. The molecule has 126 valence electrons. The maximum atomic E-state index is 10.3. The monoisotopic (exact) mass is 324 g/mol. The lowest BCUT2D eigenvalue weighted by molar-refractivity contribution is 0.174. The first-order chi connectivity index (χ1) is 11.6. The van der Waals surface area contributed by atoms with Crippen LogP contribution in [0.4, 0.5) is 0 Å². The Bertz CT molecular complexity index is 778. The number of nitrogens with one attached hydrogen (secondary N) is 2. The predicted molar refractivity (Wildman–Crippen MR) is 97.2 cm³/mol. The Balaban J connectivity index is 1.55. The van der Waals surface area contributed by atoms with Gasteiger partial charge in [0.25, 0.3) is 0 Å². The van der Waals surface area contributed by atoms with E-state index in [0.29, 0.717) is 6.54 Å². The minimum atomic E-state index is -0.538. The summed E-state index contributed by atoms with van der Waals surface area (Å²) in [6.45, 7) is 5.22. The van der Waals surface area contributed by atoms with Crippen LogP contribution >= 0.6 is 0 Å². The number of aromatic amines is 1. The summed E-state index contributed by atoms with van der Waals surface area (Å²) in [5.41, 5.74) is 3.25. The Morgan fingerprint density at radius 3 is 2.62 bits per heavy atom. The van der Waals surface area contributed by atoms with Crippen molar-refractivity contribution in [3.05, 3.63) is 65.9 Å². The van der Waals surface area contributed by atoms with Crippen LogP contribution in [0, 0.1) is 0 Å². The Hall–Kier alpha value is -2.30. The molecule has 0 spiro atoms. The molecule has 0 amide bonds. The third-order valence-corrected chi connectivity index (χ3v) is 3.98. The molecule has 24 heavy (non-hydrogen) atoms. The summed E-state index contributed by atoms with van der Waals surface area (Å²) in [6.07, 6.45) is 1.56. The van der Waals surface area contributed by atoms with Crippen molar-refractivity contribution >= 4 is 10.9 Å². The van der Waals surface area contributed by atoms with Crippen molar-refractivity contribution in [1.29, 1.82) is 0 Å². The smallest absolute Gasteiger partial charge is 0.119 e. The second-order valence-electron chi connectivity index (χ2n) is 6.24. The van der Waals surface area contributed by atoms with E-state index in [4.69, 9.17) is 4.74 Å². The molecule has 0 fully saturated rings. The van der Waals surface area contributed by atoms with Gasteiger partial charge in [0.05, 0.1) is 12.2 Å². The number of rotatable bonds is 7. The second-order valence-corrected chi connectivity index (χ2v) is 6.24. The van der Waals surface area contributed by atoms with Crippen LogP contribution in [0.5, 0.6) is 5.75 Å². The van der Waals surface area contributed by atoms with E-state index < -0.39 is 6.10 Å². The number of aliphatic hydroxyl groups excluding tert-OH is 1. The molecule has 0 radical (unpaired) electrons. The molecule has 0 aliphatic carbocycles. The van der Waals surface area contributed by atoms with Gasteiger partial charge in [0.2, 0.25) is 0 Å². The van der Waals surface area contributed by atoms with Gasteiger partial charge in [-0.05, 0) is 49.2 Å². The molecule has 4 nitrogen and oxygen atoms in total. The minimum absolute atomic E-state index is 0.151. The number of hydrogen-bond donors (Lipinski definition) is 3. The van der Waals surface area contributed by atoms with E-state index >= 15 is 0 Å². The number of aliphatic hydroxyl groups is 1.